The Bertz CT molecular complexity index is 594. The molecule has 1 aromatic heterocycles. The summed E-state index contributed by atoms with van der Waals surface area (Å²) in [4.78, 5) is 15.8. The molecular weight excluding hydrogens is 447 g/mol. The van der Waals surface area contributed by atoms with Crippen LogP contribution in [0.2, 0.25) is 0 Å². The van der Waals surface area contributed by atoms with E-state index in [9.17, 15) is 4.79 Å². The summed E-state index contributed by atoms with van der Waals surface area (Å²) in [7, 11) is 3.82. The van der Waals surface area contributed by atoms with Gasteiger partial charge in [-0.2, -0.15) is 5.10 Å². The molecule has 0 saturated carbocycles. The van der Waals surface area contributed by atoms with Crippen LogP contribution in [0.25, 0.3) is 0 Å². The normalized spacial score (nSPS) is 18.2. The van der Waals surface area contributed by atoms with Gasteiger partial charge in [-0.3, -0.25) is 0 Å². The minimum atomic E-state index is -0.469. The maximum absolute atomic E-state index is 12.0. The molecule has 0 N–H and O–H groups in total. The monoisotopic (exact) mass is 478 g/mol. The van der Waals surface area contributed by atoms with Crippen LogP contribution >= 0.6 is 22.6 Å². The minimum absolute atomic E-state index is 0.0645. The van der Waals surface area contributed by atoms with Crippen molar-refractivity contribution >= 4 is 28.7 Å². The van der Waals surface area contributed by atoms with Crippen LogP contribution in [0.4, 0.5) is 4.79 Å². The summed E-state index contributed by atoms with van der Waals surface area (Å²) in [6.45, 7) is 8.60. The highest BCUT2D eigenvalue weighted by atomic mass is 127. The summed E-state index contributed by atoms with van der Waals surface area (Å²) in [5.41, 5.74) is 0.713. The molecule has 1 aliphatic heterocycles. The van der Waals surface area contributed by atoms with Gasteiger partial charge in [-0.15, -0.1) is 0 Å². The Morgan fingerprint density at radius 1 is 1.38 bits per heavy atom. The van der Waals surface area contributed by atoms with Gasteiger partial charge >= 0.3 is 6.09 Å². The summed E-state index contributed by atoms with van der Waals surface area (Å²) >= 11 is 2.28. The SMILES string of the molecule is CN(CCN(C)C(=O)OC(C)(C)C)Cc1cn([C@H]2CCCCO2)nc1I. The topological polar surface area (TPSA) is 59.8 Å². The van der Waals surface area contributed by atoms with Gasteiger partial charge in [0.25, 0.3) is 0 Å². The molecular formula is C18H31IN4O3. The summed E-state index contributed by atoms with van der Waals surface area (Å²) in [5.74, 6) is 0. The largest absolute Gasteiger partial charge is 0.444 e. The van der Waals surface area contributed by atoms with Gasteiger partial charge in [0.2, 0.25) is 0 Å². The third-order valence-electron chi connectivity index (χ3n) is 4.17. The fourth-order valence-electron chi connectivity index (χ4n) is 2.72. The van der Waals surface area contributed by atoms with Crippen LogP contribution in [0.15, 0.2) is 6.20 Å². The first kappa shape index (κ1) is 21.4. The van der Waals surface area contributed by atoms with Gasteiger partial charge in [0.15, 0.2) is 0 Å². The molecule has 26 heavy (non-hydrogen) atoms. The van der Waals surface area contributed by atoms with Crippen molar-refractivity contribution in [3.8, 4) is 0 Å². The minimum Gasteiger partial charge on any atom is -0.444 e. The fourth-order valence-corrected chi connectivity index (χ4v) is 3.27. The molecule has 1 amide bonds. The summed E-state index contributed by atoms with van der Waals surface area (Å²) in [5, 5.41) is 4.62. The molecule has 7 nitrogen and oxygen atoms in total. The maximum atomic E-state index is 12.0. The van der Waals surface area contributed by atoms with E-state index in [1.54, 1.807) is 11.9 Å². The van der Waals surface area contributed by atoms with E-state index in [2.05, 4.69) is 38.8 Å². The molecule has 0 aliphatic carbocycles. The lowest BCUT2D eigenvalue weighted by atomic mass is 10.2. The molecule has 1 fully saturated rings. The molecule has 2 rings (SSSR count). The Balaban J connectivity index is 1.83. The number of carbonyl (C=O) groups excluding carboxylic acids is 1. The predicted octanol–water partition coefficient (Wildman–Crippen LogP) is 3.49. The van der Waals surface area contributed by atoms with Crippen LogP contribution in [-0.4, -0.2) is 65.1 Å². The highest BCUT2D eigenvalue weighted by Crippen LogP contribution is 2.24. The number of halogens is 1. The molecule has 1 aromatic rings. The standard InChI is InChI=1S/C18H31IN4O3/c1-18(2,3)26-17(24)22(5)10-9-21(4)12-14-13-23(20-16(14)19)15-8-6-7-11-25-15/h13,15H,6-12H2,1-5H3/t15-/m1/s1. The smallest absolute Gasteiger partial charge is 0.410 e. The lowest BCUT2D eigenvalue weighted by Crippen LogP contribution is -2.38. The van der Waals surface area contributed by atoms with Crippen molar-refractivity contribution in [2.45, 2.75) is 58.4 Å². The number of nitrogens with zero attached hydrogens (tertiary/aromatic N) is 4. The van der Waals surface area contributed by atoms with Gasteiger partial charge in [-0.1, -0.05) is 0 Å². The molecule has 148 valence electrons. The summed E-state index contributed by atoms with van der Waals surface area (Å²) < 4.78 is 14.1. The zero-order valence-corrected chi connectivity index (χ0v) is 18.7. The van der Waals surface area contributed by atoms with E-state index in [-0.39, 0.29) is 12.3 Å². The number of ether oxygens (including phenoxy) is 2. The number of hydrogen-bond donors (Lipinski definition) is 0. The van der Waals surface area contributed by atoms with Crippen LogP contribution < -0.4 is 0 Å². The molecule has 8 heteroatoms. The molecule has 1 aliphatic rings. The molecule has 0 bridgehead atoms. The lowest BCUT2D eigenvalue weighted by Gasteiger charge is -2.26. The maximum Gasteiger partial charge on any atom is 0.410 e. The molecule has 0 aromatic carbocycles. The van der Waals surface area contributed by atoms with Crippen LogP contribution in [0.5, 0.6) is 0 Å². The molecule has 0 radical (unpaired) electrons. The van der Waals surface area contributed by atoms with Crippen LogP contribution in [0.3, 0.4) is 0 Å². The number of amides is 1. The van der Waals surface area contributed by atoms with Crippen LogP contribution in [0.1, 0.15) is 51.8 Å². The Hall–Kier alpha value is -0.870. The molecule has 1 atom stereocenters. The third kappa shape index (κ3) is 6.70. The van der Waals surface area contributed by atoms with E-state index in [0.29, 0.717) is 6.54 Å². The van der Waals surface area contributed by atoms with Gasteiger partial charge in [0.1, 0.15) is 15.5 Å². The van der Waals surface area contributed by atoms with E-state index in [1.165, 1.54) is 12.0 Å². The van der Waals surface area contributed by atoms with Crippen molar-refractivity contribution in [2.24, 2.45) is 0 Å². The van der Waals surface area contributed by atoms with E-state index in [1.807, 2.05) is 32.5 Å². The molecule has 1 saturated heterocycles. The second-order valence-electron chi connectivity index (χ2n) is 7.89. The Morgan fingerprint density at radius 2 is 2.12 bits per heavy atom. The van der Waals surface area contributed by atoms with E-state index in [4.69, 9.17) is 9.47 Å². The summed E-state index contributed by atoms with van der Waals surface area (Å²) in [6.07, 6.45) is 5.21. The summed E-state index contributed by atoms with van der Waals surface area (Å²) in [6, 6.07) is 0. The first-order valence-electron chi connectivity index (χ1n) is 9.13. The average molecular weight is 478 g/mol. The highest BCUT2D eigenvalue weighted by molar-refractivity contribution is 14.1. The quantitative estimate of drug-likeness (QED) is 0.586. The van der Waals surface area contributed by atoms with Gasteiger partial charge in [0, 0.05) is 45.0 Å². The van der Waals surface area contributed by atoms with E-state index < -0.39 is 5.60 Å². The van der Waals surface area contributed by atoms with Crippen LogP contribution in [-0.2, 0) is 16.0 Å². The van der Waals surface area contributed by atoms with E-state index >= 15 is 0 Å². The molecule has 2 heterocycles. The first-order chi connectivity index (χ1) is 12.2. The highest BCUT2D eigenvalue weighted by Gasteiger charge is 2.21. The first-order valence-corrected chi connectivity index (χ1v) is 10.2. The number of likely N-dealkylation sites (N-methyl/N-ethyl adjacent to an activating group) is 2. The van der Waals surface area contributed by atoms with E-state index in [0.717, 1.165) is 36.2 Å². The number of carbonyl (C=O) groups is 1. The average Bonchev–Trinajstić information content (AvgIpc) is 2.92. The Labute approximate surface area is 170 Å². The number of aromatic nitrogens is 2. The number of hydrogen-bond acceptors (Lipinski definition) is 5. The van der Waals surface area contributed by atoms with Crippen LogP contribution in [0, 0.1) is 3.70 Å². The molecule has 0 unspecified atom stereocenters. The fraction of sp³-hybridized carbons (Fsp3) is 0.778. The second-order valence-corrected chi connectivity index (χ2v) is 8.91. The van der Waals surface area contributed by atoms with Gasteiger partial charge < -0.3 is 19.3 Å². The van der Waals surface area contributed by atoms with Crippen molar-refractivity contribution in [1.29, 1.82) is 0 Å². The second kappa shape index (κ2) is 9.36. The number of rotatable bonds is 6. The Kier molecular flexibility index (Phi) is 7.72. The third-order valence-corrected chi connectivity index (χ3v) is 5.08. The van der Waals surface area contributed by atoms with Crippen molar-refractivity contribution in [1.82, 2.24) is 19.6 Å². The Morgan fingerprint density at radius 3 is 2.73 bits per heavy atom. The zero-order valence-electron chi connectivity index (χ0n) is 16.5. The van der Waals surface area contributed by atoms with Crippen molar-refractivity contribution in [3.63, 3.8) is 0 Å². The van der Waals surface area contributed by atoms with Gasteiger partial charge in [-0.05, 0) is 69.7 Å². The molecule has 0 spiro atoms. The predicted molar refractivity (Wildman–Crippen MR) is 109 cm³/mol. The van der Waals surface area contributed by atoms with Crippen molar-refractivity contribution < 1.29 is 14.3 Å². The van der Waals surface area contributed by atoms with Crippen molar-refractivity contribution in [2.75, 3.05) is 33.8 Å². The van der Waals surface area contributed by atoms with Crippen molar-refractivity contribution in [3.05, 3.63) is 15.5 Å². The zero-order chi connectivity index (χ0) is 19.3. The van der Waals surface area contributed by atoms with Gasteiger partial charge in [0.05, 0.1) is 0 Å². The lowest BCUT2D eigenvalue weighted by molar-refractivity contribution is -0.0397. The van der Waals surface area contributed by atoms with Gasteiger partial charge in [-0.25, -0.2) is 9.48 Å².